The number of ether oxygens (including phenoxy) is 1. The molecule has 0 aliphatic rings. The van der Waals surface area contributed by atoms with Gasteiger partial charge in [0, 0.05) is 0 Å². The van der Waals surface area contributed by atoms with Gasteiger partial charge in [-0.25, -0.2) is 21.2 Å². The van der Waals surface area contributed by atoms with Gasteiger partial charge in [0.1, 0.15) is 11.6 Å². The molecule has 3 aromatic carbocycles. The van der Waals surface area contributed by atoms with E-state index in [1.165, 1.54) is 37.4 Å². The number of anilines is 2. The van der Waals surface area contributed by atoms with E-state index in [1.807, 2.05) is 0 Å². The van der Waals surface area contributed by atoms with Gasteiger partial charge in [0.25, 0.3) is 25.7 Å². The van der Waals surface area contributed by atoms with Crippen molar-refractivity contribution in [2.75, 3.05) is 16.6 Å². The summed E-state index contributed by atoms with van der Waals surface area (Å²) in [5, 5.41) is 11.4. The van der Waals surface area contributed by atoms with Crippen LogP contribution in [0.2, 0.25) is 0 Å². The molecule has 0 heterocycles. The summed E-state index contributed by atoms with van der Waals surface area (Å²) in [6.07, 6.45) is 0. The van der Waals surface area contributed by atoms with Gasteiger partial charge in [-0.15, -0.1) is 0 Å². The molecule has 168 valence electrons. The van der Waals surface area contributed by atoms with Crippen LogP contribution in [0.25, 0.3) is 0 Å². The highest BCUT2D eigenvalue weighted by atomic mass is 32.2. The third-order valence-electron chi connectivity index (χ3n) is 4.19. The summed E-state index contributed by atoms with van der Waals surface area (Å²) >= 11 is 0. The zero-order valence-electron chi connectivity index (χ0n) is 16.4. The summed E-state index contributed by atoms with van der Waals surface area (Å²) in [6.45, 7) is 0. The molecule has 0 amide bonds. The van der Waals surface area contributed by atoms with Gasteiger partial charge in [0.2, 0.25) is 0 Å². The first kappa shape index (κ1) is 23.0. The number of hydrogen-bond donors (Lipinski definition) is 2. The predicted molar refractivity (Wildman–Crippen MR) is 114 cm³/mol. The van der Waals surface area contributed by atoms with E-state index in [0.29, 0.717) is 0 Å². The van der Waals surface area contributed by atoms with Crippen molar-refractivity contribution < 1.29 is 30.9 Å². The van der Waals surface area contributed by atoms with Gasteiger partial charge in [-0.3, -0.25) is 19.6 Å². The third-order valence-corrected chi connectivity index (χ3v) is 6.99. The minimum atomic E-state index is -4.49. The second-order valence-electron chi connectivity index (χ2n) is 6.30. The van der Waals surface area contributed by atoms with Gasteiger partial charge < -0.3 is 4.74 Å². The number of nitrogens with zero attached hydrogens (tertiary/aromatic N) is 1. The Morgan fingerprint density at radius 3 is 1.97 bits per heavy atom. The van der Waals surface area contributed by atoms with Gasteiger partial charge in [0.05, 0.1) is 34.4 Å². The van der Waals surface area contributed by atoms with Gasteiger partial charge in [-0.05, 0) is 48.5 Å². The summed E-state index contributed by atoms with van der Waals surface area (Å²) in [7, 11) is -7.40. The maximum atomic E-state index is 13.1. The van der Waals surface area contributed by atoms with Crippen LogP contribution < -0.4 is 14.2 Å². The SMILES string of the molecule is COc1ccc(S(=O)(=O)Nc2ccccc2NS(=O)(=O)c2ccc(F)cc2)c([N+](=O)[O-])c1. The van der Waals surface area contributed by atoms with E-state index in [9.17, 15) is 31.3 Å². The number of methoxy groups -OCH3 is 1. The smallest absolute Gasteiger partial charge is 0.293 e. The van der Waals surface area contributed by atoms with Crippen LogP contribution in [0.15, 0.2) is 76.5 Å². The number of benzene rings is 3. The predicted octanol–water partition coefficient (Wildman–Crippen LogP) is 3.34. The Hall–Kier alpha value is -3.71. The minimum Gasteiger partial charge on any atom is -0.497 e. The lowest BCUT2D eigenvalue weighted by atomic mass is 10.3. The van der Waals surface area contributed by atoms with E-state index in [0.717, 1.165) is 36.4 Å². The normalized spacial score (nSPS) is 11.6. The average molecular weight is 481 g/mol. The van der Waals surface area contributed by atoms with Crippen LogP contribution in [0.1, 0.15) is 0 Å². The summed E-state index contributed by atoms with van der Waals surface area (Å²) in [5.41, 5.74) is -1.04. The van der Waals surface area contributed by atoms with Crippen LogP contribution >= 0.6 is 0 Å². The highest BCUT2D eigenvalue weighted by Crippen LogP contribution is 2.32. The van der Waals surface area contributed by atoms with E-state index in [1.54, 1.807) is 0 Å². The highest BCUT2D eigenvalue weighted by molar-refractivity contribution is 7.93. The van der Waals surface area contributed by atoms with Crippen molar-refractivity contribution in [3.05, 3.63) is 82.7 Å². The van der Waals surface area contributed by atoms with Crippen LogP contribution in [-0.2, 0) is 20.0 Å². The standard InChI is InChI=1S/C19H16FN3O7S2/c1-30-14-8-11-19(18(12-14)23(24)25)32(28,29)22-17-5-3-2-4-16(17)21-31(26,27)15-9-6-13(20)7-10-15/h2-12,21-22H,1H3. The van der Waals surface area contributed by atoms with Crippen molar-refractivity contribution in [1.82, 2.24) is 0 Å². The number of rotatable bonds is 8. The Bertz CT molecular complexity index is 1380. The van der Waals surface area contributed by atoms with Crippen LogP contribution in [0.3, 0.4) is 0 Å². The quantitative estimate of drug-likeness (QED) is 0.371. The van der Waals surface area contributed by atoms with Crippen molar-refractivity contribution in [3.8, 4) is 5.75 Å². The summed E-state index contributed by atoms with van der Waals surface area (Å²) in [4.78, 5) is 9.60. The monoisotopic (exact) mass is 481 g/mol. The molecule has 10 nitrogen and oxygen atoms in total. The molecule has 0 fully saturated rings. The molecule has 0 bridgehead atoms. The Kier molecular flexibility index (Phi) is 6.32. The summed E-state index contributed by atoms with van der Waals surface area (Å²) < 4.78 is 73.3. The summed E-state index contributed by atoms with van der Waals surface area (Å²) in [6, 6.07) is 12.7. The molecule has 3 aromatic rings. The largest absolute Gasteiger partial charge is 0.497 e. The Morgan fingerprint density at radius 1 is 0.875 bits per heavy atom. The van der Waals surface area contributed by atoms with Crippen molar-refractivity contribution in [1.29, 1.82) is 0 Å². The highest BCUT2D eigenvalue weighted by Gasteiger charge is 2.28. The molecule has 0 unspecified atom stereocenters. The van der Waals surface area contributed by atoms with Crippen molar-refractivity contribution in [2.45, 2.75) is 9.79 Å². The molecule has 0 aliphatic heterocycles. The molecule has 0 saturated heterocycles. The number of nitro benzene ring substituents is 1. The zero-order valence-corrected chi connectivity index (χ0v) is 18.0. The molecule has 0 radical (unpaired) electrons. The third kappa shape index (κ3) is 4.95. The van der Waals surface area contributed by atoms with E-state index in [2.05, 4.69) is 9.44 Å². The fraction of sp³-hybridized carbons (Fsp3) is 0.0526. The number of nitro groups is 1. The molecule has 32 heavy (non-hydrogen) atoms. The minimum absolute atomic E-state index is 0.0862. The van der Waals surface area contributed by atoms with Gasteiger partial charge in [0.15, 0.2) is 4.90 Å². The van der Waals surface area contributed by atoms with E-state index in [4.69, 9.17) is 4.74 Å². The fourth-order valence-electron chi connectivity index (χ4n) is 2.67. The van der Waals surface area contributed by atoms with Crippen LogP contribution in [0.5, 0.6) is 5.75 Å². The number of hydrogen-bond acceptors (Lipinski definition) is 7. The van der Waals surface area contributed by atoms with E-state index < -0.39 is 41.4 Å². The Labute approximate surface area is 182 Å². The van der Waals surface area contributed by atoms with Crippen molar-refractivity contribution >= 4 is 37.1 Å². The Morgan fingerprint density at radius 2 is 1.44 bits per heavy atom. The average Bonchev–Trinajstić information content (AvgIpc) is 2.74. The molecule has 0 aromatic heterocycles. The Balaban J connectivity index is 1.98. The lowest BCUT2D eigenvalue weighted by Gasteiger charge is -2.15. The fourth-order valence-corrected chi connectivity index (χ4v) is 4.99. The van der Waals surface area contributed by atoms with Gasteiger partial charge in [-0.2, -0.15) is 0 Å². The van der Waals surface area contributed by atoms with Crippen molar-refractivity contribution in [3.63, 3.8) is 0 Å². The molecule has 3 rings (SSSR count). The van der Waals surface area contributed by atoms with E-state index >= 15 is 0 Å². The molecule has 0 saturated carbocycles. The van der Waals surface area contributed by atoms with E-state index in [-0.39, 0.29) is 22.0 Å². The lowest BCUT2D eigenvalue weighted by molar-refractivity contribution is -0.387. The number of nitrogens with one attached hydrogen (secondary N) is 2. The van der Waals surface area contributed by atoms with Crippen LogP contribution in [0, 0.1) is 15.9 Å². The first-order valence-corrected chi connectivity index (χ1v) is 11.7. The second kappa shape index (κ2) is 8.80. The summed E-state index contributed by atoms with van der Waals surface area (Å²) in [5.74, 6) is -0.540. The number of halogens is 1. The number of para-hydroxylation sites is 2. The van der Waals surface area contributed by atoms with Crippen LogP contribution in [-0.4, -0.2) is 28.9 Å². The van der Waals surface area contributed by atoms with Gasteiger partial charge in [-0.1, -0.05) is 12.1 Å². The zero-order chi connectivity index (χ0) is 23.5. The molecular weight excluding hydrogens is 465 g/mol. The van der Waals surface area contributed by atoms with Crippen LogP contribution in [0.4, 0.5) is 21.5 Å². The molecule has 13 heteroatoms. The maximum Gasteiger partial charge on any atom is 0.293 e. The first-order valence-electron chi connectivity index (χ1n) is 8.76. The molecule has 0 spiro atoms. The molecule has 2 N–H and O–H groups in total. The molecular formula is C19H16FN3O7S2. The second-order valence-corrected chi connectivity index (χ2v) is 9.63. The topological polar surface area (TPSA) is 145 Å². The maximum absolute atomic E-state index is 13.1. The lowest BCUT2D eigenvalue weighted by Crippen LogP contribution is -2.18. The number of sulfonamides is 2. The van der Waals surface area contributed by atoms with Gasteiger partial charge >= 0.3 is 0 Å². The molecule has 0 atom stereocenters. The molecule has 0 aliphatic carbocycles. The first-order chi connectivity index (χ1) is 15.0. The van der Waals surface area contributed by atoms with Crippen molar-refractivity contribution in [2.24, 2.45) is 0 Å².